The van der Waals surface area contributed by atoms with Gasteiger partial charge in [-0.2, -0.15) is 0 Å². The van der Waals surface area contributed by atoms with Gasteiger partial charge in [-0.3, -0.25) is 4.79 Å². The van der Waals surface area contributed by atoms with Crippen LogP contribution in [-0.2, 0) is 9.53 Å². The summed E-state index contributed by atoms with van der Waals surface area (Å²) in [7, 11) is 1.70. The van der Waals surface area contributed by atoms with Gasteiger partial charge in [0.05, 0.1) is 12.6 Å². The number of hydrogen-bond acceptors (Lipinski definition) is 3. The third-order valence-corrected chi connectivity index (χ3v) is 2.62. The lowest BCUT2D eigenvalue weighted by Crippen LogP contribution is -2.47. The third-order valence-electron chi connectivity index (χ3n) is 2.62. The average Bonchev–Trinajstić information content (AvgIpc) is 2.17. The molecule has 1 rings (SSSR count). The Hall–Kier alpha value is -0.320. The molecule has 0 aromatic carbocycles. The van der Waals surface area contributed by atoms with Crippen molar-refractivity contribution in [3.05, 3.63) is 0 Å². The van der Waals surface area contributed by atoms with Crippen LogP contribution in [0.5, 0.6) is 0 Å². The van der Waals surface area contributed by atoms with Gasteiger partial charge in [0.25, 0.3) is 0 Å². The van der Waals surface area contributed by atoms with Gasteiger partial charge in [0.1, 0.15) is 0 Å². The molecule has 1 fully saturated rings. The SMILES string of the molecule is COCC1CCCN(C(=O)[C@H](C)N)C1.Cl. The Morgan fingerprint density at radius 1 is 1.67 bits per heavy atom. The molecule has 0 radical (unpaired) electrons. The van der Waals surface area contributed by atoms with Crippen molar-refractivity contribution in [1.29, 1.82) is 0 Å². The smallest absolute Gasteiger partial charge is 0.239 e. The first-order chi connectivity index (χ1) is 6.65. The fourth-order valence-electron chi connectivity index (χ4n) is 1.92. The van der Waals surface area contributed by atoms with Crippen LogP contribution >= 0.6 is 12.4 Å². The van der Waals surface area contributed by atoms with Crippen molar-refractivity contribution in [2.45, 2.75) is 25.8 Å². The molecule has 90 valence electrons. The summed E-state index contributed by atoms with van der Waals surface area (Å²) in [4.78, 5) is 13.5. The molecule has 0 spiro atoms. The summed E-state index contributed by atoms with van der Waals surface area (Å²) < 4.78 is 5.10. The van der Waals surface area contributed by atoms with Crippen LogP contribution in [0.1, 0.15) is 19.8 Å². The van der Waals surface area contributed by atoms with Crippen molar-refractivity contribution < 1.29 is 9.53 Å². The van der Waals surface area contributed by atoms with E-state index >= 15 is 0 Å². The van der Waals surface area contributed by atoms with Crippen molar-refractivity contribution >= 4 is 18.3 Å². The number of piperidine rings is 1. The van der Waals surface area contributed by atoms with Gasteiger partial charge in [-0.1, -0.05) is 0 Å². The lowest BCUT2D eigenvalue weighted by Gasteiger charge is -2.33. The quantitative estimate of drug-likeness (QED) is 0.783. The predicted molar refractivity (Wildman–Crippen MR) is 62.1 cm³/mol. The Labute approximate surface area is 97.5 Å². The molecule has 2 atom stereocenters. The number of rotatable bonds is 3. The first kappa shape index (κ1) is 14.7. The molecule has 1 amide bonds. The van der Waals surface area contributed by atoms with Gasteiger partial charge in [0.2, 0.25) is 5.91 Å². The van der Waals surface area contributed by atoms with E-state index in [4.69, 9.17) is 10.5 Å². The lowest BCUT2D eigenvalue weighted by atomic mass is 9.98. The highest BCUT2D eigenvalue weighted by Gasteiger charge is 2.24. The van der Waals surface area contributed by atoms with E-state index in [0.29, 0.717) is 5.92 Å². The number of amides is 1. The second kappa shape index (κ2) is 7.04. The van der Waals surface area contributed by atoms with Crippen molar-refractivity contribution in [1.82, 2.24) is 4.90 Å². The van der Waals surface area contributed by atoms with E-state index in [0.717, 1.165) is 32.5 Å². The van der Waals surface area contributed by atoms with Crippen LogP contribution in [0.15, 0.2) is 0 Å². The first-order valence-corrected chi connectivity index (χ1v) is 5.18. The monoisotopic (exact) mass is 236 g/mol. The van der Waals surface area contributed by atoms with Crippen LogP contribution in [0.4, 0.5) is 0 Å². The minimum absolute atomic E-state index is 0. The van der Waals surface area contributed by atoms with Crippen LogP contribution in [0.25, 0.3) is 0 Å². The maximum Gasteiger partial charge on any atom is 0.239 e. The van der Waals surface area contributed by atoms with Crippen LogP contribution in [0.2, 0.25) is 0 Å². The summed E-state index contributed by atoms with van der Waals surface area (Å²) in [5.74, 6) is 0.544. The van der Waals surface area contributed by atoms with E-state index in [1.165, 1.54) is 0 Å². The molecule has 1 aliphatic rings. The first-order valence-electron chi connectivity index (χ1n) is 5.18. The van der Waals surface area contributed by atoms with Crippen LogP contribution in [0.3, 0.4) is 0 Å². The van der Waals surface area contributed by atoms with Gasteiger partial charge in [-0.25, -0.2) is 0 Å². The highest BCUT2D eigenvalue weighted by atomic mass is 35.5. The third kappa shape index (κ3) is 4.36. The molecular weight excluding hydrogens is 216 g/mol. The van der Waals surface area contributed by atoms with Gasteiger partial charge in [-0.05, 0) is 25.7 Å². The molecule has 1 heterocycles. The molecule has 1 aliphatic heterocycles. The molecule has 5 heteroatoms. The maximum absolute atomic E-state index is 11.6. The fourth-order valence-corrected chi connectivity index (χ4v) is 1.92. The van der Waals surface area contributed by atoms with Crippen molar-refractivity contribution in [3.63, 3.8) is 0 Å². The standard InChI is InChI=1S/C10H20N2O2.ClH/c1-8(11)10(13)12-5-3-4-9(6-12)7-14-2;/h8-9H,3-7,11H2,1-2H3;1H/t8-,9?;/m0./s1. The predicted octanol–water partition coefficient (Wildman–Crippen LogP) is 0.640. The van der Waals surface area contributed by atoms with Crippen molar-refractivity contribution in [2.24, 2.45) is 11.7 Å². The number of nitrogens with two attached hydrogens (primary N) is 1. The molecule has 0 saturated carbocycles. The Morgan fingerprint density at radius 2 is 2.33 bits per heavy atom. The van der Waals surface area contributed by atoms with Crippen LogP contribution < -0.4 is 5.73 Å². The number of carbonyl (C=O) groups excluding carboxylic acids is 1. The Morgan fingerprint density at radius 3 is 2.87 bits per heavy atom. The number of hydrogen-bond donors (Lipinski definition) is 1. The normalized spacial score (nSPS) is 23.1. The summed E-state index contributed by atoms with van der Waals surface area (Å²) in [6, 6.07) is -0.378. The molecule has 15 heavy (non-hydrogen) atoms. The van der Waals surface area contributed by atoms with Gasteiger partial charge in [0.15, 0.2) is 0 Å². The minimum atomic E-state index is -0.378. The van der Waals surface area contributed by atoms with Gasteiger partial charge in [-0.15, -0.1) is 12.4 Å². The van der Waals surface area contributed by atoms with Gasteiger partial charge in [0, 0.05) is 20.2 Å². The molecule has 0 bridgehead atoms. The Kier molecular flexibility index (Phi) is 6.89. The van der Waals surface area contributed by atoms with E-state index in [2.05, 4.69) is 0 Å². The number of methoxy groups -OCH3 is 1. The van der Waals surface area contributed by atoms with Crippen LogP contribution in [0, 0.1) is 5.92 Å². The number of ether oxygens (including phenoxy) is 1. The lowest BCUT2D eigenvalue weighted by molar-refractivity contribution is -0.134. The largest absolute Gasteiger partial charge is 0.384 e. The number of nitrogens with zero attached hydrogens (tertiary/aromatic N) is 1. The number of halogens is 1. The second-order valence-electron chi connectivity index (χ2n) is 4.04. The number of likely N-dealkylation sites (tertiary alicyclic amines) is 1. The second-order valence-corrected chi connectivity index (χ2v) is 4.04. The summed E-state index contributed by atoms with van der Waals surface area (Å²) in [6.07, 6.45) is 2.21. The minimum Gasteiger partial charge on any atom is -0.384 e. The fraction of sp³-hybridized carbons (Fsp3) is 0.900. The van der Waals surface area contributed by atoms with E-state index in [1.807, 2.05) is 4.90 Å². The zero-order chi connectivity index (χ0) is 10.6. The summed E-state index contributed by atoms with van der Waals surface area (Å²) in [5.41, 5.74) is 5.56. The summed E-state index contributed by atoms with van der Waals surface area (Å²) in [5, 5.41) is 0. The highest BCUT2D eigenvalue weighted by Crippen LogP contribution is 2.16. The number of carbonyl (C=O) groups is 1. The molecule has 0 aromatic heterocycles. The molecule has 1 saturated heterocycles. The zero-order valence-corrected chi connectivity index (χ0v) is 10.3. The van der Waals surface area contributed by atoms with Crippen molar-refractivity contribution in [2.75, 3.05) is 26.8 Å². The van der Waals surface area contributed by atoms with E-state index in [1.54, 1.807) is 14.0 Å². The maximum atomic E-state index is 11.6. The average molecular weight is 237 g/mol. The topological polar surface area (TPSA) is 55.6 Å². The van der Waals surface area contributed by atoms with Gasteiger partial charge >= 0.3 is 0 Å². The molecule has 1 unspecified atom stereocenters. The highest BCUT2D eigenvalue weighted by molar-refractivity contribution is 5.85. The van der Waals surface area contributed by atoms with Crippen molar-refractivity contribution in [3.8, 4) is 0 Å². The molecule has 0 aliphatic carbocycles. The summed E-state index contributed by atoms with van der Waals surface area (Å²) in [6.45, 7) is 4.12. The molecule has 0 aromatic rings. The molecular formula is C10H21ClN2O2. The molecule has 2 N–H and O–H groups in total. The van der Waals surface area contributed by atoms with Crippen LogP contribution in [-0.4, -0.2) is 43.7 Å². The molecule has 4 nitrogen and oxygen atoms in total. The summed E-state index contributed by atoms with van der Waals surface area (Å²) >= 11 is 0. The van der Waals surface area contributed by atoms with E-state index < -0.39 is 0 Å². The Balaban J connectivity index is 0.00000196. The van der Waals surface area contributed by atoms with E-state index in [-0.39, 0.29) is 24.4 Å². The van der Waals surface area contributed by atoms with E-state index in [9.17, 15) is 4.79 Å². The Bertz CT molecular complexity index is 198. The zero-order valence-electron chi connectivity index (χ0n) is 9.44. The van der Waals surface area contributed by atoms with Gasteiger partial charge < -0.3 is 15.4 Å².